The molecular formula is C28H27N3O4. The first-order chi connectivity index (χ1) is 16.9. The number of pyridine rings is 1. The third-order valence-corrected chi connectivity index (χ3v) is 6.41. The van der Waals surface area contributed by atoms with E-state index in [2.05, 4.69) is 23.3 Å². The van der Waals surface area contributed by atoms with Crippen molar-refractivity contribution in [2.24, 2.45) is 5.92 Å². The van der Waals surface area contributed by atoms with Gasteiger partial charge in [0.1, 0.15) is 0 Å². The summed E-state index contributed by atoms with van der Waals surface area (Å²) < 4.78 is 10.6. The number of carbonyl (C=O) groups excluding carboxylic acids is 1. The molecule has 0 saturated carbocycles. The molecule has 3 aromatic rings. The third kappa shape index (κ3) is 4.97. The number of rotatable bonds is 7. The molecule has 0 aliphatic heterocycles. The van der Waals surface area contributed by atoms with Crippen molar-refractivity contribution in [2.75, 3.05) is 14.2 Å². The number of phenols is 1. The van der Waals surface area contributed by atoms with Gasteiger partial charge >= 0.3 is 0 Å². The van der Waals surface area contributed by atoms with Gasteiger partial charge in [0.05, 0.1) is 38.1 Å². The number of aromatic hydroxyl groups is 1. The highest BCUT2D eigenvalue weighted by Gasteiger charge is 2.35. The lowest BCUT2D eigenvalue weighted by Gasteiger charge is -2.17. The minimum Gasteiger partial charge on any atom is -0.502 e. The number of hydrogen-bond acceptors (Lipinski definition) is 6. The van der Waals surface area contributed by atoms with Crippen LogP contribution in [0.5, 0.6) is 17.2 Å². The smallest absolute Gasteiger partial charge is 0.220 e. The van der Waals surface area contributed by atoms with Crippen LogP contribution >= 0.6 is 0 Å². The molecular weight excluding hydrogens is 442 g/mol. The van der Waals surface area contributed by atoms with E-state index in [4.69, 9.17) is 9.47 Å². The van der Waals surface area contributed by atoms with Gasteiger partial charge in [0.2, 0.25) is 11.7 Å². The van der Waals surface area contributed by atoms with Crippen LogP contribution in [-0.2, 0) is 11.3 Å². The SMILES string of the molecule is COc1cc(/C=C2\c3ccc(C#N)cc3C(CC(=O)NCc3ccccn3)[C@@H]2C)cc(OC)c1O. The fourth-order valence-electron chi connectivity index (χ4n) is 4.57. The summed E-state index contributed by atoms with van der Waals surface area (Å²) in [6.07, 6.45) is 4.01. The monoisotopic (exact) mass is 469 g/mol. The second-order valence-electron chi connectivity index (χ2n) is 8.48. The zero-order chi connectivity index (χ0) is 24.9. The summed E-state index contributed by atoms with van der Waals surface area (Å²) >= 11 is 0. The maximum Gasteiger partial charge on any atom is 0.220 e. The number of methoxy groups -OCH3 is 2. The zero-order valence-electron chi connectivity index (χ0n) is 19.9. The average molecular weight is 470 g/mol. The number of benzene rings is 2. The van der Waals surface area contributed by atoms with Crippen molar-refractivity contribution in [1.82, 2.24) is 10.3 Å². The molecule has 1 aliphatic rings. The molecule has 4 rings (SSSR count). The molecule has 7 heteroatoms. The number of fused-ring (bicyclic) bond motifs is 1. The molecule has 1 aromatic heterocycles. The van der Waals surface area contributed by atoms with E-state index in [0.717, 1.165) is 28.0 Å². The maximum atomic E-state index is 12.9. The number of nitrogens with one attached hydrogen (secondary N) is 1. The van der Waals surface area contributed by atoms with Gasteiger partial charge in [-0.1, -0.05) is 25.1 Å². The fourth-order valence-corrected chi connectivity index (χ4v) is 4.57. The summed E-state index contributed by atoms with van der Waals surface area (Å²) in [5, 5.41) is 22.7. The maximum absolute atomic E-state index is 12.9. The fraction of sp³-hybridized carbons (Fsp3) is 0.250. The van der Waals surface area contributed by atoms with Crippen LogP contribution in [0.3, 0.4) is 0 Å². The summed E-state index contributed by atoms with van der Waals surface area (Å²) in [4.78, 5) is 17.1. The van der Waals surface area contributed by atoms with Gasteiger partial charge in [-0.2, -0.15) is 5.26 Å². The lowest BCUT2D eigenvalue weighted by atomic mass is 9.88. The first-order valence-electron chi connectivity index (χ1n) is 11.3. The number of nitriles is 1. The van der Waals surface area contributed by atoms with Gasteiger partial charge < -0.3 is 19.9 Å². The van der Waals surface area contributed by atoms with Crippen LogP contribution in [-0.4, -0.2) is 30.2 Å². The molecule has 1 heterocycles. The molecule has 1 amide bonds. The Morgan fingerprint density at radius 2 is 1.91 bits per heavy atom. The van der Waals surface area contributed by atoms with Gasteiger partial charge in [-0.05, 0) is 70.5 Å². The van der Waals surface area contributed by atoms with Gasteiger partial charge in [0, 0.05) is 12.6 Å². The molecule has 0 saturated heterocycles. The summed E-state index contributed by atoms with van der Waals surface area (Å²) in [5.74, 6) is 0.424. The van der Waals surface area contributed by atoms with Crippen LogP contribution in [0.15, 0.2) is 54.7 Å². The predicted molar refractivity (Wildman–Crippen MR) is 133 cm³/mol. The normalized spacial score (nSPS) is 17.5. The van der Waals surface area contributed by atoms with Crippen LogP contribution in [0.4, 0.5) is 0 Å². The molecule has 178 valence electrons. The Kier molecular flexibility index (Phi) is 7.02. The second kappa shape index (κ2) is 10.3. The Labute approximate surface area is 204 Å². The van der Waals surface area contributed by atoms with Crippen molar-refractivity contribution in [3.05, 3.63) is 82.7 Å². The minimum absolute atomic E-state index is 0.0188. The van der Waals surface area contributed by atoms with Crippen molar-refractivity contribution in [1.29, 1.82) is 5.26 Å². The number of hydrogen-bond donors (Lipinski definition) is 2. The van der Waals surface area contributed by atoms with Gasteiger partial charge in [-0.15, -0.1) is 0 Å². The van der Waals surface area contributed by atoms with Crippen molar-refractivity contribution in [3.8, 4) is 23.3 Å². The van der Waals surface area contributed by atoms with E-state index in [1.807, 2.05) is 36.4 Å². The Morgan fingerprint density at radius 1 is 1.17 bits per heavy atom. The topological polar surface area (TPSA) is 104 Å². The molecule has 0 fully saturated rings. The number of ether oxygens (including phenoxy) is 2. The summed E-state index contributed by atoms with van der Waals surface area (Å²) in [6, 6.07) is 16.9. The lowest BCUT2D eigenvalue weighted by Crippen LogP contribution is -2.25. The number of carbonyl (C=O) groups is 1. The standard InChI is InChI=1S/C28H27N3O4/c1-17-22(11-19-12-25(34-2)28(33)26(13-19)35-3)21-8-7-18(15-29)10-24(21)23(17)14-27(32)31-16-20-6-4-5-9-30-20/h4-13,17,23,33H,14,16H2,1-3H3,(H,31,32)/b22-11-/t17-,23?/m1/s1. The van der Waals surface area contributed by atoms with Crippen molar-refractivity contribution in [2.45, 2.75) is 25.8 Å². The van der Waals surface area contributed by atoms with Gasteiger partial charge in [-0.3, -0.25) is 9.78 Å². The second-order valence-corrected chi connectivity index (χ2v) is 8.48. The van der Waals surface area contributed by atoms with Crippen molar-refractivity contribution in [3.63, 3.8) is 0 Å². The first-order valence-corrected chi connectivity index (χ1v) is 11.3. The third-order valence-electron chi connectivity index (χ3n) is 6.41. The van der Waals surface area contributed by atoms with Crippen LogP contribution in [0, 0.1) is 17.2 Å². The van der Waals surface area contributed by atoms with Gasteiger partial charge in [0.25, 0.3) is 0 Å². The zero-order valence-corrected chi connectivity index (χ0v) is 19.9. The van der Waals surface area contributed by atoms with E-state index in [1.54, 1.807) is 24.4 Å². The molecule has 2 atom stereocenters. The number of amides is 1. The van der Waals surface area contributed by atoms with Crippen molar-refractivity contribution >= 4 is 17.6 Å². The van der Waals surface area contributed by atoms with Crippen molar-refractivity contribution < 1.29 is 19.4 Å². The molecule has 0 radical (unpaired) electrons. The van der Waals surface area contributed by atoms with E-state index in [-0.39, 0.29) is 29.9 Å². The quantitative estimate of drug-likeness (QED) is 0.522. The summed E-state index contributed by atoms with van der Waals surface area (Å²) in [5.41, 5.74) is 5.18. The number of nitrogens with zero attached hydrogens (tertiary/aromatic N) is 2. The molecule has 0 bridgehead atoms. The summed E-state index contributed by atoms with van der Waals surface area (Å²) in [7, 11) is 2.98. The highest BCUT2D eigenvalue weighted by atomic mass is 16.5. The largest absolute Gasteiger partial charge is 0.502 e. The van der Waals surface area contributed by atoms with Gasteiger partial charge in [0.15, 0.2) is 11.5 Å². The Balaban J connectivity index is 1.66. The van der Waals surface area contributed by atoms with Crippen LogP contribution in [0.25, 0.3) is 11.6 Å². The highest BCUT2D eigenvalue weighted by Crippen LogP contribution is 2.49. The number of aromatic nitrogens is 1. The Hall–Kier alpha value is -4.31. The number of allylic oxidation sites excluding steroid dienone is 1. The lowest BCUT2D eigenvalue weighted by molar-refractivity contribution is -0.121. The first kappa shape index (κ1) is 23.8. The van der Waals surface area contributed by atoms with Gasteiger partial charge in [-0.25, -0.2) is 0 Å². The van der Waals surface area contributed by atoms with E-state index in [0.29, 0.717) is 23.6 Å². The molecule has 1 aliphatic carbocycles. The number of phenolic OH excluding ortho intramolecular Hbond substituents is 1. The van der Waals surface area contributed by atoms with E-state index in [9.17, 15) is 15.2 Å². The minimum atomic E-state index is -0.0887. The molecule has 7 nitrogen and oxygen atoms in total. The molecule has 1 unspecified atom stereocenters. The highest BCUT2D eigenvalue weighted by molar-refractivity contribution is 5.90. The Bertz CT molecular complexity index is 1290. The predicted octanol–water partition coefficient (Wildman–Crippen LogP) is 4.66. The molecule has 2 aromatic carbocycles. The molecule has 0 spiro atoms. The molecule has 2 N–H and O–H groups in total. The van der Waals surface area contributed by atoms with Crippen LogP contribution in [0.2, 0.25) is 0 Å². The summed E-state index contributed by atoms with van der Waals surface area (Å²) in [6.45, 7) is 2.45. The van der Waals surface area contributed by atoms with Crippen LogP contribution in [0.1, 0.15) is 47.2 Å². The van der Waals surface area contributed by atoms with Crippen LogP contribution < -0.4 is 14.8 Å². The Morgan fingerprint density at radius 3 is 2.54 bits per heavy atom. The molecule has 35 heavy (non-hydrogen) atoms. The average Bonchev–Trinajstić information content (AvgIpc) is 3.13. The van der Waals surface area contributed by atoms with E-state index < -0.39 is 0 Å². The van der Waals surface area contributed by atoms with E-state index in [1.165, 1.54) is 14.2 Å². The van der Waals surface area contributed by atoms with E-state index >= 15 is 0 Å².